The van der Waals surface area contributed by atoms with Gasteiger partial charge in [0.15, 0.2) is 5.13 Å². The van der Waals surface area contributed by atoms with E-state index >= 15 is 0 Å². The van der Waals surface area contributed by atoms with Gasteiger partial charge in [-0.2, -0.15) is 0 Å². The maximum absolute atomic E-state index is 12.3. The van der Waals surface area contributed by atoms with Crippen molar-refractivity contribution in [3.05, 3.63) is 41.2 Å². The fourth-order valence-electron chi connectivity index (χ4n) is 1.92. The van der Waals surface area contributed by atoms with Crippen LogP contribution in [0.3, 0.4) is 0 Å². The molecule has 8 heteroatoms. The largest absolute Gasteiger partial charge is 0.462 e. The number of ether oxygens (including phenoxy) is 2. The summed E-state index contributed by atoms with van der Waals surface area (Å²) in [6, 6.07) is 3.59. The molecule has 138 valence electrons. The summed E-state index contributed by atoms with van der Waals surface area (Å²) in [6.07, 6.45) is 4.32. The molecular weight excluding hydrogens is 354 g/mol. The summed E-state index contributed by atoms with van der Waals surface area (Å²) in [5.74, 6) is -0.495. The summed E-state index contributed by atoms with van der Waals surface area (Å²) in [5, 5.41) is 4.56. The minimum atomic E-state index is -0.611. The second kappa shape index (κ2) is 8.57. The monoisotopic (exact) mass is 375 g/mol. The predicted molar refractivity (Wildman–Crippen MR) is 101 cm³/mol. The zero-order chi connectivity index (χ0) is 19.2. The number of anilines is 1. The van der Waals surface area contributed by atoms with Crippen LogP contribution in [-0.4, -0.2) is 34.2 Å². The first kappa shape index (κ1) is 19.6. The van der Waals surface area contributed by atoms with Crippen molar-refractivity contribution in [1.29, 1.82) is 0 Å². The molecule has 0 fully saturated rings. The average molecular weight is 375 g/mol. The number of rotatable bonds is 5. The van der Waals surface area contributed by atoms with Gasteiger partial charge < -0.3 is 9.47 Å². The summed E-state index contributed by atoms with van der Waals surface area (Å²) in [5.41, 5.74) is 0.822. The van der Waals surface area contributed by atoms with Crippen molar-refractivity contribution in [2.24, 2.45) is 0 Å². The molecular formula is C18H21N3O4S. The lowest BCUT2D eigenvalue weighted by Gasteiger charge is -2.18. The fourth-order valence-corrected chi connectivity index (χ4v) is 2.62. The van der Waals surface area contributed by atoms with Crippen LogP contribution in [0.1, 0.15) is 39.0 Å². The molecule has 0 bridgehead atoms. The Bertz CT molecular complexity index is 794. The Morgan fingerprint density at radius 1 is 1.35 bits per heavy atom. The zero-order valence-corrected chi connectivity index (χ0v) is 15.9. The SMILES string of the molecule is CCOC(=O)/C(=C/c1cccnc1)c1csc(NC(=O)OC(C)(C)C)n1. The Morgan fingerprint density at radius 2 is 2.12 bits per heavy atom. The molecule has 0 aliphatic rings. The average Bonchev–Trinajstić information content (AvgIpc) is 3.00. The molecule has 0 saturated heterocycles. The lowest BCUT2D eigenvalue weighted by molar-refractivity contribution is -0.136. The van der Waals surface area contributed by atoms with Gasteiger partial charge in [-0.05, 0) is 45.4 Å². The van der Waals surface area contributed by atoms with E-state index in [1.54, 1.807) is 57.6 Å². The number of carbonyl (C=O) groups excluding carboxylic acids is 2. The first-order valence-electron chi connectivity index (χ1n) is 8.03. The van der Waals surface area contributed by atoms with Crippen LogP contribution in [0.25, 0.3) is 11.6 Å². The Kier molecular flexibility index (Phi) is 6.46. The maximum atomic E-state index is 12.3. The van der Waals surface area contributed by atoms with Crippen molar-refractivity contribution in [2.75, 3.05) is 11.9 Å². The number of nitrogens with zero attached hydrogens (tertiary/aromatic N) is 2. The second-order valence-corrected chi connectivity index (χ2v) is 7.09. The minimum absolute atomic E-state index is 0.246. The van der Waals surface area contributed by atoms with Crippen molar-refractivity contribution in [3.63, 3.8) is 0 Å². The van der Waals surface area contributed by atoms with Gasteiger partial charge in [0.25, 0.3) is 0 Å². The fraction of sp³-hybridized carbons (Fsp3) is 0.333. The van der Waals surface area contributed by atoms with Gasteiger partial charge >= 0.3 is 12.1 Å². The van der Waals surface area contributed by atoms with E-state index in [1.807, 2.05) is 6.07 Å². The summed E-state index contributed by atoms with van der Waals surface area (Å²) < 4.78 is 10.3. The molecule has 2 aromatic heterocycles. The van der Waals surface area contributed by atoms with E-state index in [2.05, 4.69) is 15.3 Å². The number of amides is 1. The van der Waals surface area contributed by atoms with E-state index in [-0.39, 0.29) is 12.2 Å². The summed E-state index contributed by atoms with van der Waals surface area (Å²) in [6.45, 7) is 7.30. The molecule has 0 radical (unpaired) electrons. The molecule has 2 heterocycles. The topological polar surface area (TPSA) is 90.4 Å². The van der Waals surface area contributed by atoms with Gasteiger partial charge in [0.2, 0.25) is 0 Å². The highest BCUT2D eigenvalue weighted by molar-refractivity contribution is 7.14. The number of thiazole rings is 1. The van der Waals surface area contributed by atoms with Gasteiger partial charge in [0.1, 0.15) is 5.60 Å². The Labute approximate surface area is 156 Å². The van der Waals surface area contributed by atoms with Crippen LogP contribution in [0.4, 0.5) is 9.93 Å². The number of nitrogens with one attached hydrogen (secondary N) is 1. The second-order valence-electron chi connectivity index (χ2n) is 6.23. The minimum Gasteiger partial charge on any atom is -0.462 e. The maximum Gasteiger partial charge on any atom is 0.413 e. The van der Waals surface area contributed by atoms with Crippen LogP contribution in [0.15, 0.2) is 29.9 Å². The number of carbonyl (C=O) groups is 2. The van der Waals surface area contributed by atoms with Gasteiger partial charge in [-0.25, -0.2) is 14.6 Å². The smallest absolute Gasteiger partial charge is 0.413 e. The van der Waals surface area contributed by atoms with Crippen molar-refractivity contribution < 1.29 is 19.1 Å². The van der Waals surface area contributed by atoms with E-state index < -0.39 is 17.7 Å². The van der Waals surface area contributed by atoms with E-state index in [9.17, 15) is 9.59 Å². The lowest BCUT2D eigenvalue weighted by Crippen LogP contribution is -2.27. The molecule has 0 unspecified atom stereocenters. The summed E-state index contributed by atoms with van der Waals surface area (Å²) in [7, 11) is 0. The molecule has 0 spiro atoms. The zero-order valence-electron chi connectivity index (χ0n) is 15.1. The third-order valence-electron chi connectivity index (χ3n) is 2.88. The third kappa shape index (κ3) is 5.96. The van der Waals surface area contributed by atoms with Crippen LogP contribution in [-0.2, 0) is 14.3 Å². The van der Waals surface area contributed by atoms with Gasteiger partial charge in [0.05, 0.1) is 17.9 Å². The third-order valence-corrected chi connectivity index (χ3v) is 3.64. The van der Waals surface area contributed by atoms with Gasteiger partial charge in [-0.3, -0.25) is 10.3 Å². The normalized spacial score (nSPS) is 11.8. The molecule has 0 saturated carbocycles. The van der Waals surface area contributed by atoms with E-state index in [0.717, 1.165) is 5.56 Å². The lowest BCUT2D eigenvalue weighted by atomic mass is 10.1. The summed E-state index contributed by atoms with van der Waals surface area (Å²) in [4.78, 5) is 32.5. The van der Waals surface area contributed by atoms with Crippen molar-refractivity contribution >= 4 is 40.2 Å². The highest BCUT2D eigenvalue weighted by Gasteiger charge is 2.20. The Morgan fingerprint density at radius 3 is 2.73 bits per heavy atom. The van der Waals surface area contributed by atoms with Gasteiger partial charge in [-0.1, -0.05) is 6.07 Å². The molecule has 0 aliphatic heterocycles. The standard InChI is InChI=1S/C18H21N3O4S/c1-5-24-15(22)13(9-12-7-6-8-19-10-12)14-11-26-16(20-14)21-17(23)25-18(2,3)4/h6-11H,5H2,1-4H3,(H,20,21,23)/b13-9+. The van der Waals surface area contributed by atoms with E-state index in [0.29, 0.717) is 10.8 Å². The number of pyridine rings is 1. The summed E-state index contributed by atoms with van der Waals surface area (Å²) >= 11 is 1.19. The molecule has 0 aromatic carbocycles. The van der Waals surface area contributed by atoms with E-state index in [4.69, 9.17) is 9.47 Å². The van der Waals surface area contributed by atoms with Gasteiger partial charge in [0, 0.05) is 17.8 Å². The Balaban J connectivity index is 2.24. The molecule has 0 atom stereocenters. The van der Waals surface area contributed by atoms with Crippen molar-refractivity contribution in [2.45, 2.75) is 33.3 Å². The first-order chi connectivity index (χ1) is 12.3. The van der Waals surface area contributed by atoms with Crippen LogP contribution < -0.4 is 5.32 Å². The molecule has 0 aliphatic carbocycles. The predicted octanol–water partition coefficient (Wildman–Crippen LogP) is 3.99. The molecule has 7 nitrogen and oxygen atoms in total. The van der Waals surface area contributed by atoms with Gasteiger partial charge in [-0.15, -0.1) is 11.3 Å². The Hall–Kier alpha value is -2.74. The van der Waals surface area contributed by atoms with Crippen LogP contribution in [0.5, 0.6) is 0 Å². The molecule has 1 amide bonds. The van der Waals surface area contributed by atoms with Crippen LogP contribution >= 0.6 is 11.3 Å². The molecule has 2 rings (SSSR count). The quantitative estimate of drug-likeness (QED) is 0.628. The first-order valence-corrected chi connectivity index (χ1v) is 8.91. The number of aromatic nitrogens is 2. The molecule has 1 N–H and O–H groups in total. The van der Waals surface area contributed by atoms with Crippen LogP contribution in [0.2, 0.25) is 0 Å². The van der Waals surface area contributed by atoms with Crippen LogP contribution in [0, 0.1) is 0 Å². The van der Waals surface area contributed by atoms with E-state index in [1.165, 1.54) is 11.3 Å². The number of esters is 1. The van der Waals surface area contributed by atoms with Crippen molar-refractivity contribution in [3.8, 4) is 0 Å². The van der Waals surface area contributed by atoms with Crippen molar-refractivity contribution in [1.82, 2.24) is 9.97 Å². The molecule has 2 aromatic rings. The number of hydrogen-bond acceptors (Lipinski definition) is 7. The number of hydrogen-bond donors (Lipinski definition) is 1. The highest BCUT2D eigenvalue weighted by Crippen LogP contribution is 2.25. The highest BCUT2D eigenvalue weighted by atomic mass is 32.1. The molecule has 26 heavy (non-hydrogen) atoms.